The summed E-state index contributed by atoms with van der Waals surface area (Å²) in [4.78, 5) is 11.3. The van der Waals surface area contributed by atoms with E-state index in [4.69, 9.17) is 11.6 Å². The lowest BCUT2D eigenvalue weighted by Crippen LogP contribution is -1.98. The molecule has 1 aromatic carbocycles. The van der Waals surface area contributed by atoms with Gasteiger partial charge >= 0.3 is 0 Å². The molecule has 0 radical (unpaired) electrons. The second-order valence-corrected chi connectivity index (χ2v) is 6.44. The minimum absolute atomic E-state index is 0.0823. The van der Waals surface area contributed by atoms with Crippen LogP contribution in [0.15, 0.2) is 34.1 Å². The molecule has 0 saturated heterocycles. The zero-order chi connectivity index (χ0) is 13.1. The first kappa shape index (κ1) is 13.3. The standard InChI is InChI=1S/C11H8BrClN2O2S/c12-11-4-2-8(18-11)6-14-7-1-3-10(15(16)17)9(13)5-7/h1-5,14H,6H2. The van der Waals surface area contributed by atoms with Gasteiger partial charge in [0.05, 0.1) is 8.71 Å². The fourth-order valence-corrected chi connectivity index (χ4v) is 3.07. The Morgan fingerprint density at radius 2 is 2.17 bits per heavy atom. The maximum Gasteiger partial charge on any atom is 0.288 e. The van der Waals surface area contributed by atoms with Crippen LogP contribution in [-0.4, -0.2) is 4.92 Å². The highest BCUT2D eigenvalue weighted by Crippen LogP contribution is 2.28. The summed E-state index contributed by atoms with van der Waals surface area (Å²) in [7, 11) is 0. The molecule has 2 rings (SSSR count). The van der Waals surface area contributed by atoms with Gasteiger partial charge in [-0.15, -0.1) is 11.3 Å². The van der Waals surface area contributed by atoms with Gasteiger partial charge in [-0.2, -0.15) is 0 Å². The van der Waals surface area contributed by atoms with Gasteiger partial charge in [0.15, 0.2) is 0 Å². The van der Waals surface area contributed by atoms with Crippen LogP contribution in [0.1, 0.15) is 4.88 Å². The van der Waals surface area contributed by atoms with Gasteiger partial charge in [-0.05, 0) is 40.2 Å². The number of rotatable bonds is 4. The van der Waals surface area contributed by atoms with Gasteiger partial charge in [0.1, 0.15) is 5.02 Å². The average Bonchev–Trinajstić information content (AvgIpc) is 2.72. The molecule has 0 aliphatic heterocycles. The summed E-state index contributed by atoms with van der Waals surface area (Å²) in [5, 5.41) is 13.9. The lowest BCUT2D eigenvalue weighted by Gasteiger charge is -2.05. The van der Waals surface area contributed by atoms with Crippen LogP contribution < -0.4 is 5.32 Å². The maximum atomic E-state index is 10.6. The zero-order valence-corrected chi connectivity index (χ0v) is 12.2. The van der Waals surface area contributed by atoms with Gasteiger partial charge in [0, 0.05) is 23.2 Å². The lowest BCUT2D eigenvalue weighted by molar-refractivity contribution is -0.384. The minimum atomic E-state index is -0.498. The highest BCUT2D eigenvalue weighted by Gasteiger charge is 2.11. The third-order valence-electron chi connectivity index (χ3n) is 2.24. The Kier molecular flexibility index (Phi) is 4.21. The quantitative estimate of drug-likeness (QED) is 0.645. The van der Waals surface area contributed by atoms with Gasteiger partial charge in [-0.3, -0.25) is 10.1 Å². The Balaban J connectivity index is 2.06. The van der Waals surface area contributed by atoms with Gasteiger partial charge in [0.25, 0.3) is 5.69 Å². The van der Waals surface area contributed by atoms with Crippen LogP contribution in [0.25, 0.3) is 0 Å². The van der Waals surface area contributed by atoms with Gasteiger partial charge in [-0.25, -0.2) is 0 Å². The van der Waals surface area contributed by atoms with Crippen LogP contribution >= 0.6 is 38.9 Å². The molecule has 0 amide bonds. The lowest BCUT2D eigenvalue weighted by atomic mass is 10.3. The van der Waals surface area contributed by atoms with Crippen molar-refractivity contribution in [3.63, 3.8) is 0 Å². The van der Waals surface area contributed by atoms with Crippen molar-refractivity contribution in [3.8, 4) is 0 Å². The van der Waals surface area contributed by atoms with Gasteiger partial charge in [0.2, 0.25) is 0 Å². The van der Waals surface area contributed by atoms with Crippen LogP contribution in [0, 0.1) is 10.1 Å². The first-order valence-electron chi connectivity index (χ1n) is 4.98. The topological polar surface area (TPSA) is 55.2 Å². The number of nitrogens with one attached hydrogen (secondary N) is 1. The van der Waals surface area contributed by atoms with E-state index in [0.717, 1.165) is 14.4 Å². The molecule has 0 bridgehead atoms. The predicted molar refractivity (Wildman–Crippen MR) is 77.5 cm³/mol. The van der Waals surface area contributed by atoms with Crippen LogP contribution in [0.5, 0.6) is 0 Å². The number of nitro benzene ring substituents is 1. The van der Waals surface area contributed by atoms with Crippen molar-refractivity contribution >= 4 is 50.2 Å². The van der Waals surface area contributed by atoms with E-state index in [0.29, 0.717) is 6.54 Å². The summed E-state index contributed by atoms with van der Waals surface area (Å²) in [6.45, 7) is 0.657. The molecule has 1 N–H and O–H groups in total. The largest absolute Gasteiger partial charge is 0.380 e. The zero-order valence-electron chi connectivity index (χ0n) is 9.02. The number of halogens is 2. The summed E-state index contributed by atoms with van der Waals surface area (Å²) in [6, 6.07) is 8.59. The van der Waals surface area contributed by atoms with E-state index in [1.165, 1.54) is 6.07 Å². The van der Waals surface area contributed by atoms with Crippen LogP contribution in [0.2, 0.25) is 5.02 Å². The molecule has 4 nitrogen and oxygen atoms in total. The van der Waals surface area contributed by atoms with E-state index >= 15 is 0 Å². The Labute approximate surface area is 121 Å². The van der Waals surface area contributed by atoms with E-state index < -0.39 is 4.92 Å². The van der Waals surface area contributed by atoms with E-state index in [-0.39, 0.29) is 10.7 Å². The normalized spacial score (nSPS) is 10.3. The molecule has 0 aliphatic rings. The molecular weight excluding hydrogens is 340 g/mol. The monoisotopic (exact) mass is 346 g/mol. The summed E-state index contributed by atoms with van der Waals surface area (Å²) in [6.07, 6.45) is 0. The first-order valence-corrected chi connectivity index (χ1v) is 6.97. The van der Waals surface area contributed by atoms with Crippen molar-refractivity contribution in [2.75, 3.05) is 5.32 Å². The maximum absolute atomic E-state index is 10.6. The predicted octanol–water partition coefficient (Wildman–Crippen LogP) is 4.68. The Morgan fingerprint density at radius 1 is 1.39 bits per heavy atom. The van der Waals surface area contributed by atoms with E-state index in [2.05, 4.69) is 21.2 Å². The SMILES string of the molecule is O=[N+]([O-])c1ccc(NCc2ccc(Br)s2)cc1Cl. The van der Waals surface area contributed by atoms with Crippen molar-refractivity contribution in [1.29, 1.82) is 0 Å². The summed E-state index contributed by atoms with van der Waals surface area (Å²) < 4.78 is 1.07. The van der Waals surface area contributed by atoms with Crippen LogP contribution in [-0.2, 0) is 6.54 Å². The Hall–Kier alpha value is -1.11. The fraction of sp³-hybridized carbons (Fsp3) is 0.0909. The smallest absolute Gasteiger partial charge is 0.288 e. The average molecular weight is 348 g/mol. The second-order valence-electron chi connectivity index (χ2n) is 3.48. The number of anilines is 1. The number of benzene rings is 1. The van der Waals surface area contributed by atoms with Gasteiger partial charge < -0.3 is 5.32 Å². The van der Waals surface area contributed by atoms with Crippen molar-refractivity contribution in [2.45, 2.75) is 6.54 Å². The van der Waals surface area contributed by atoms with E-state index in [1.807, 2.05) is 12.1 Å². The highest BCUT2D eigenvalue weighted by atomic mass is 79.9. The van der Waals surface area contributed by atoms with Gasteiger partial charge in [-0.1, -0.05) is 11.6 Å². The summed E-state index contributed by atoms with van der Waals surface area (Å²) in [5.41, 5.74) is 0.677. The molecule has 7 heteroatoms. The summed E-state index contributed by atoms with van der Waals surface area (Å²) in [5.74, 6) is 0. The number of hydrogen-bond donors (Lipinski definition) is 1. The van der Waals surface area contributed by atoms with Crippen LogP contribution in [0.4, 0.5) is 11.4 Å². The molecule has 18 heavy (non-hydrogen) atoms. The molecule has 2 aromatic rings. The third kappa shape index (κ3) is 3.22. The van der Waals surface area contributed by atoms with E-state index in [9.17, 15) is 10.1 Å². The Morgan fingerprint density at radius 3 is 2.72 bits per heavy atom. The molecule has 0 aliphatic carbocycles. The Bertz CT molecular complexity index is 588. The molecule has 1 aromatic heterocycles. The molecule has 1 heterocycles. The number of nitro groups is 1. The second kappa shape index (κ2) is 5.69. The molecule has 0 spiro atoms. The number of hydrogen-bond acceptors (Lipinski definition) is 4. The third-order valence-corrected chi connectivity index (χ3v) is 4.17. The molecule has 0 unspecified atom stereocenters. The molecule has 94 valence electrons. The van der Waals surface area contributed by atoms with Crippen molar-refractivity contribution < 1.29 is 4.92 Å². The number of thiophene rings is 1. The first-order chi connectivity index (χ1) is 8.56. The molecule has 0 atom stereocenters. The van der Waals surface area contributed by atoms with Crippen molar-refractivity contribution in [1.82, 2.24) is 0 Å². The molecule has 0 saturated carbocycles. The van der Waals surface area contributed by atoms with Crippen molar-refractivity contribution in [2.24, 2.45) is 0 Å². The minimum Gasteiger partial charge on any atom is -0.380 e. The van der Waals surface area contributed by atoms with Crippen molar-refractivity contribution in [3.05, 3.63) is 54.1 Å². The molecular formula is C11H8BrClN2O2S. The van der Waals surface area contributed by atoms with E-state index in [1.54, 1.807) is 23.5 Å². The highest BCUT2D eigenvalue weighted by molar-refractivity contribution is 9.11. The van der Waals surface area contributed by atoms with Crippen LogP contribution in [0.3, 0.4) is 0 Å². The molecule has 0 fully saturated rings. The fourth-order valence-electron chi connectivity index (χ4n) is 1.40. The summed E-state index contributed by atoms with van der Waals surface area (Å²) >= 11 is 10.8. The number of nitrogens with zero attached hydrogens (tertiary/aromatic N) is 1.